The molecule has 0 aliphatic heterocycles. The van der Waals surface area contributed by atoms with E-state index in [-0.39, 0.29) is 17.9 Å². The van der Waals surface area contributed by atoms with Gasteiger partial charge in [0.05, 0.1) is 11.3 Å². The Hall–Kier alpha value is -1.10. The van der Waals surface area contributed by atoms with Gasteiger partial charge in [-0.15, -0.1) is 0 Å². The van der Waals surface area contributed by atoms with Crippen molar-refractivity contribution in [1.82, 2.24) is 5.32 Å². The number of amides is 1. The zero-order chi connectivity index (χ0) is 14.8. The predicted molar refractivity (Wildman–Crippen MR) is 73.6 cm³/mol. The SMILES string of the molecule is CC(C)(N)C(C)(C)C(=O)NC1CCCC(C(=O)O)C1. The van der Waals surface area contributed by atoms with Crippen LogP contribution in [-0.2, 0) is 9.59 Å². The van der Waals surface area contributed by atoms with Crippen LogP contribution >= 0.6 is 0 Å². The molecule has 2 unspecified atom stereocenters. The van der Waals surface area contributed by atoms with Gasteiger partial charge in [0.2, 0.25) is 5.91 Å². The van der Waals surface area contributed by atoms with Crippen molar-refractivity contribution in [1.29, 1.82) is 0 Å². The van der Waals surface area contributed by atoms with Crippen LogP contribution in [0.2, 0.25) is 0 Å². The van der Waals surface area contributed by atoms with Crippen molar-refractivity contribution in [3.05, 3.63) is 0 Å². The summed E-state index contributed by atoms with van der Waals surface area (Å²) in [7, 11) is 0. The van der Waals surface area contributed by atoms with Gasteiger partial charge in [-0.25, -0.2) is 0 Å². The molecule has 0 bridgehead atoms. The van der Waals surface area contributed by atoms with E-state index in [1.807, 2.05) is 27.7 Å². The maximum absolute atomic E-state index is 12.3. The minimum absolute atomic E-state index is 0.0519. The normalized spacial score (nSPS) is 24.9. The summed E-state index contributed by atoms with van der Waals surface area (Å²) in [5, 5.41) is 12.0. The van der Waals surface area contributed by atoms with Crippen LogP contribution in [-0.4, -0.2) is 28.6 Å². The lowest BCUT2D eigenvalue weighted by atomic mass is 9.74. The summed E-state index contributed by atoms with van der Waals surface area (Å²) in [6.45, 7) is 7.29. The zero-order valence-electron chi connectivity index (χ0n) is 12.3. The molecule has 0 saturated heterocycles. The van der Waals surface area contributed by atoms with E-state index in [0.29, 0.717) is 12.8 Å². The number of carbonyl (C=O) groups is 2. The molecule has 0 spiro atoms. The quantitative estimate of drug-likeness (QED) is 0.722. The molecule has 1 fully saturated rings. The average Bonchev–Trinajstić information content (AvgIpc) is 2.27. The van der Waals surface area contributed by atoms with Gasteiger partial charge in [-0.05, 0) is 47.0 Å². The van der Waals surface area contributed by atoms with Gasteiger partial charge >= 0.3 is 5.97 Å². The molecule has 5 nitrogen and oxygen atoms in total. The van der Waals surface area contributed by atoms with Gasteiger partial charge in [0.1, 0.15) is 0 Å². The van der Waals surface area contributed by atoms with Crippen LogP contribution < -0.4 is 11.1 Å². The molecule has 1 aliphatic rings. The highest BCUT2D eigenvalue weighted by Crippen LogP contribution is 2.30. The smallest absolute Gasteiger partial charge is 0.306 e. The predicted octanol–water partition coefficient (Wildman–Crippen LogP) is 1.51. The standard InChI is InChI=1S/C14H26N2O3/c1-13(2,14(3,4)15)12(19)16-10-7-5-6-9(8-10)11(17)18/h9-10H,5-8,15H2,1-4H3,(H,16,19)(H,17,18). The monoisotopic (exact) mass is 270 g/mol. The maximum atomic E-state index is 12.3. The summed E-state index contributed by atoms with van der Waals surface area (Å²) in [4.78, 5) is 23.3. The fourth-order valence-corrected chi connectivity index (χ4v) is 2.20. The highest BCUT2D eigenvalue weighted by atomic mass is 16.4. The fraction of sp³-hybridized carbons (Fsp3) is 0.857. The Balaban J connectivity index is 2.65. The van der Waals surface area contributed by atoms with Gasteiger partial charge in [-0.3, -0.25) is 9.59 Å². The first-order chi connectivity index (χ1) is 8.55. The lowest BCUT2D eigenvalue weighted by Crippen LogP contribution is -2.57. The van der Waals surface area contributed by atoms with Gasteiger partial charge < -0.3 is 16.2 Å². The van der Waals surface area contributed by atoms with Crippen molar-refractivity contribution in [3.8, 4) is 0 Å². The number of rotatable bonds is 4. The van der Waals surface area contributed by atoms with Gasteiger partial charge in [-0.2, -0.15) is 0 Å². The molecule has 1 saturated carbocycles. The number of carboxylic acids is 1. The largest absolute Gasteiger partial charge is 0.481 e. The summed E-state index contributed by atoms with van der Waals surface area (Å²) < 4.78 is 0. The highest BCUT2D eigenvalue weighted by molar-refractivity contribution is 5.83. The molecule has 1 aliphatic carbocycles. The van der Waals surface area contributed by atoms with E-state index in [9.17, 15) is 9.59 Å². The molecular formula is C14H26N2O3. The van der Waals surface area contributed by atoms with Crippen LogP contribution in [0.15, 0.2) is 0 Å². The van der Waals surface area contributed by atoms with Crippen LogP contribution in [0.4, 0.5) is 0 Å². The first kappa shape index (κ1) is 16.0. The average molecular weight is 270 g/mol. The van der Waals surface area contributed by atoms with Crippen molar-refractivity contribution in [3.63, 3.8) is 0 Å². The van der Waals surface area contributed by atoms with E-state index < -0.39 is 16.9 Å². The molecule has 0 heterocycles. The van der Waals surface area contributed by atoms with Crippen LogP contribution in [0.3, 0.4) is 0 Å². The lowest BCUT2D eigenvalue weighted by Gasteiger charge is -2.39. The van der Waals surface area contributed by atoms with E-state index in [2.05, 4.69) is 5.32 Å². The van der Waals surface area contributed by atoms with Crippen LogP contribution in [0.25, 0.3) is 0 Å². The minimum Gasteiger partial charge on any atom is -0.481 e. The molecule has 2 atom stereocenters. The highest BCUT2D eigenvalue weighted by Gasteiger charge is 2.41. The van der Waals surface area contributed by atoms with Crippen molar-refractivity contribution < 1.29 is 14.7 Å². The molecule has 110 valence electrons. The molecule has 4 N–H and O–H groups in total. The van der Waals surface area contributed by atoms with E-state index >= 15 is 0 Å². The topological polar surface area (TPSA) is 92.4 Å². The Morgan fingerprint density at radius 1 is 1.21 bits per heavy atom. The van der Waals surface area contributed by atoms with Crippen LogP contribution in [0, 0.1) is 11.3 Å². The Kier molecular flexibility index (Phi) is 4.61. The molecular weight excluding hydrogens is 244 g/mol. The fourth-order valence-electron chi connectivity index (χ4n) is 2.20. The summed E-state index contributed by atoms with van der Waals surface area (Å²) in [6, 6.07) is -0.0519. The Morgan fingerprint density at radius 2 is 1.79 bits per heavy atom. The zero-order valence-corrected chi connectivity index (χ0v) is 12.3. The second-order valence-corrected chi connectivity index (χ2v) is 6.72. The van der Waals surface area contributed by atoms with Crippen molar-refractivity contribution >= 4 is 11.9 Å². The summed E-state index contributed by atoms with van der Waals surface area (Å²) in [6.07, 6.45) is 2.90. The van der Waals surface area contributed by atoms with E-state index in [1.165, 1.54) is 0 Å². The number of nitrogens with one attached hydrogen (secondary N) is 1. The van der Waals surface area contributed by atoms with E-state index in [1.54, 1.807) is 0 Å². The van der Waals surface area contributed by atoms with Crippen molar-refractivity contribution in [2.24, 2.45) is 17.1 Å². The Morgan fingerprint density at radius 3 is 2.26 bits per heavy atom. The summed E-state index contributed by atoms with van der Waals surface area (Å²) in [5.74, 6) is -1.21. The minimum atomic E-state index is -0.766. The number of carboxylic acid groups (broad SMARTS) is 1. The molecule has 0 aromatic rings. The third kappa shape index (κ3) is 3.69. The van der Waals surface area contributed by atoms with Crippen molar-refractivity contribution in [2.75, 3.05) is 0 Å². The first-order valence-electron chi connectivity index (χ1n) is 6.88. The number of aliphatic carboxylic acids is 1. The second-order valence-electron chi connectivity index (χ2n) is 6.72. The molecule has 5 heteroatoms. The molecule has 0 radical (unpaired) electrons. The van der Waals surface area contributed by atoms with Crippen molar-refractivity contribution in [2.45, 2.75) is 65.0 Å². The number of nitrogens with two attached hydrogens (primary N) is 1. The first-order valence-corrected chi connectivity index (χ1v) is 6.88. The summed E-state index contributed by atoms with van der Waals surface area (Å²) in [5.41, 5.74) is 4.72. The third-order valence-electron chi connectivity index (χ3n) is 4.54. The van der Waals surface area contributed by atoms with Gasteiger partial charge in [0.25, 0.3) is 0 Å². The van der Waals surface area contributed by atoms with Gasteiger partial charge in [0.15, 0.2) is 0 Å². The Bertz CT molecular complexity index is 358. The molecule has 0 aromatic heterocycles. The van der Waals surface area contributed by atoms with Gasteiger partial charge in [0, 0.05) is 11.6 Å². The second kappa shape index (κ2) is 5.49. The van der Waals surface area contributed by atoms with E-state index in [4.69, 9.17) is 10.8 Å². The number of carbonyl (C=O) groups excluding carboxylic acids is 1. The number of hydrogen-bond donors (Lipinski definition) is 3. The van der Waals surface area contributed by atoms with Gasteiger partial charge in [-0.1, -0.05) is 6.42 Å². The third-order valence-corrected chi connectivity index (χ3v) is 4.54. The lowest BCUT2D eigenvalue weighted by molar-refractivity contribution is -0.144. The van der Waals surface area contributed by atoms with E-state index in [0.717, 1.165) is 12.8 Å². The summed E-state index contributed by atoms with van der Waals surface area (Å²) >= 11 is 0. The molecule has 1 amide bonds. The van der Waals surface area contributed by atoms with Crippen LogP contribution in [0.1, 0.15) is 53.4 Å². The molecule has 0 aromatic carbocycles. The Labute approximate surface area is 114 Å². The molecule has 19 heavy (non-hydrogen) atoms. The molecule has 1 rings (SSSR count). The van der Waals surface area contributed by atoms with Crippen LogP contribution in [0.5, 0.6) is 0 Å². The number of hydrogen-bond acceptors (Lipinski definition) is 3. The maximum Gasteiger partial charge on any atom is 0.306 e.